The molecule has 1 N–H and O–H groups in total. The largest absolute Gasteiger partial charge is 0.345 e. The van der Waals surface area contributed by atoms with Crippen LogP contribution >= 0.6 is 11.6 Å². The van der Waals surface area contributed by atoms with Crippen LogP contribution in [0.4, 0.5) is 16.2 Å². The maximum atomic E-state index is 13.0. The number of carbonyl (C=O) groups excluding carboxylic acids is 1. The number of rotatable bonds is 8. The van der Waals surface area contributed by atoms with Crippen LogP contribution in [0.3, 0.4) is 0 Å². The number of amides is 2. The topological polar surface area (TPSA) is 80.4 Å². The molecule has 0 aliphatic heterocycles. The summed E-state index contributed by atoms with van der Waals surface area (Å²) in [5.74, 6) is 0.273. The van der Waals surface area contributed by atoms with Crippen LogP contribution < -0.4 is 5.32 Å². The van der Waals surface area contributed by atoms with Gasteiger partial charge in [-0.3, -0.25) is 10.1 Å². The zero-order chi connectivity index (χ0) is 22.4. The molecule has 3 aromatic rings. The molecule has 162 valence electrons. The Labute approximate surface area is 186 Å². The van der Waals surface area contributed by atoms with Gasteiger partial charge in [-0.25, -0.2) is 4.79 Å². The fraction of sp³-hybridized carbons (Fsp3) is 0.261. The Morgan fingerprint density at radius 1 is 1.13 bits per heavy atom. The lowest BCUT2D eigenvalue weighted by Crippen LogP contribution is -2.37. The van der Waals surface area contributed by atoms with E-state index in [1.54, 1.807) is 4.90 Å². The highest BCUT2D eigenvalue weighted by atomic mass is 35.5. The second-order valence-electron chi connectivity index (χ2n) is 7.73. The Kier molecular flexibility index (Phi) is 7.31. The highest BCUT2D eigenvalue weighted by Gasteiger charge is 2.18. The van der Waals surface area contributed by atoms with Gasteiger partial charge in [-0.15, -0.1) is 0 Å². The number of nitrogens with zero attached hydrogens (tertiary/aromatic N) is 3. The average molecular weight is 441 g/mol. The molecule has 2 aromatic carbocycles. The molecule has 0 aliphatic rings. The Morgan fingerprint density at radius 2 is 1.84 bits per heavy atom. The van der Waals surface area contributed by atoms with Crippen molar-refractivity contribution in [3.8, 4) is 0 Å². The van der Waals surface area contributed by atoms with Crippen molar-refractivity contribution in [2.24, 2.45) is 5.92 Å². The van der Waals surface area contributed by atoms with Crippen LogP contribution in [0.15, 0.2) is 66.9 Å². The number of non-ortho nitro benzene ring substituents is 1. The zero-order valence-electron chi connectivity index (χ0n) is 17.5. The van der Waals surface area contributed by atoms with E-state index in [0.29, 0.717) is 30.3 Å². The number of urea groups is 1. The molecule has 0 fully saturated rings. The summed E-state index contributed by atoms with van der Waals surface area (Å²) >= 11 is 6.31. The van der Waals surface area contributed by atoms with Crippen molar-refractivity contribution in [2.75, 3.05) is 11.9 Å². The smallest absolute Gasteiger partial charge is 0.322 e. The monoisotopic (exact) mass is 440 g/mol. The number of halogens is 1. The van der Waals surface area contributed by atoms with Gasteiger partial charge in [0.25, 0.3) is 5.69 Å². The van der Waals surface area contributed by atoms with Crippen LogP contribution in [0.2, 0.25) is 5.02 Å². The minimum atomic E-state index is -0.468. The van der Waals surface area contributed by atoms with Gasteiger partial charge >= 0.3 is 6.03 Å². The summed E-state index contributed by atoms with van der Waals surface area (Å²) in [6.07, 6.45) is 1.97. The number of aromatic nitrogens is 1. The van der Waals surface area contributed by atoms with E-state index in [9.17, 15) is 14.9 Å². The van der Waals surface area contributed by atoms with Crippen LogP contribution in [-0.2, 0) is 13.1 Å². The molecule has 8 heteroatoms. The number of nitro benzene ring substituents is 1. The lowest BCUT2D eigenvalue weighted by Gasteiger charge is -2.26. The molecule has 31 heavy (non-hydrogen) atoms. The van der Waals surface area contributed by atoms with E-state index < -0.39 is 4.92 Å². The van der Waals surface area contributed by atoms with Gasteiger partial charge in [0.05, 0.1) is 11.5 Å². The fourth-order valence-corrected chi connectivity index (χ4v) is 3.48. The third kappa shape index (κ3) is 6.08. The Balaban J connectivity index is 1.74. The predicted octanol–water partition coefficient (Wildman–Crippen LogP) is 5.79. The number of benzene rings is 2. The molecule has 2 amide bonds. The molecule has 0 aliphatic carbocycles. The van der Waals surface area contributed by atoms with Crippen molar-refractivity contribution in [2.45, 2.75) is 26.9 Å². The van der Waals surface area contributed by atoms with E-state index in [2.05, 4.69) is 23.7 Å². The van der Waals surface area contributed by atoms with Crippen molar-refractivity contribution < 1.29 is 9.72 Å². The third-order valence-corrected chi connectivity index (χ3v) is 5.15. The lowest BCUT2D eigenvalue weighted by molar-refractivity contribution is -0.384. The van der Waals surface area contributed by atoms with Crippen molar-refractivity contribution >= 4 is 29.0 Å². The Morgan fingerprint density at radius 3 is 2.48 bits per heavy atom. The van der Waals surface area contributed by atoms with Gasteiger partial charge in [-0.05, 0) is 41.8 Å². The maximum Gasteiger partial charge on any atom is 0.322 e. The zero-order valence-corrected chi connectivity index (χ0v) is 18.2. The molecular formula is C23H25ClN4O3. The number of carbonyl (C=O) groups is 1. The molecule has 0 radical (unpaired) electrons. The van der Waals surface area contributed by atoms with Gasteiger partial charge in [0, 0.05) is 47.8 Å². The summed E-state index contributed by atoms with van der Waals surface area (Å²) in [6, 6.07) is 17.2. The summed E-state index contributed by atoms with van der Waals surface area (Å²) in [6.45, 7) is 5.70. The molecule has 0 saturated carbocycles. The molecule has 1 aromatic heterocycles. The first-order chi connectivity index (χ1) is 14.8. The lowest BCUT2D eigenvalue weighted by atomic mass is 10.2. The van der Waals surface area contributed by atoms with Gasteiger partial charge in [-0.1, -0.05) is 43.6 Å². The van der Waals surface area contributed by atoms with E-state index >= 15 is 0 Å². The summed E-state index contributed by atoms with van der Waals surface area (Å²) in [5.41, 5.74) is 2.48. The minimum absolute atomic E-state index is 0.0190. The second kappa shape index (κ2) is 10.1. The summed E-state index contributed by atoms with van der Waals surface area (Å²) in [4.78, 5) is 25.1. The van der Waals surface area contributed by atoms with E-state index in [4.69, 9.17) is 11.6 Å². The summed E-state index contributed by atoms with van der Waals surface area (Å²) in [5, 5.41) is 14.4. The second-order valence-corrected chi connectivity index (χ2v) is 8.13. The fourth-order valence-electron chi connectivity index (χ4n) is 3.28. The quantitative estimate of drug-likeness (QED) is 0.355. The Bertz CT molecular complexity index is 1050. The van der Waals surface area contributed by atoms with Gasteiger partial charge in [0.1, 0.15) is 0 Å². The number of hydrogen-bond acceptors (Lipinski definition) is 3. The van der Waals surface area contributed by atoms with Crippen molar-refractivity contribution in [3.63, 3.8) is 0 Å². The van der Waals surface area contributed by atoms with Crippen molar-refractivity contribution in [1.82, 2.24) is 9.47 Å². The van der Waals surface area contributed by atoms with Crippen molar-refractivity contribution in [1.29, 1.82) is 0 Å². The highest BCUT2D eigenvalue weighted by molar-refractivity contribution is 6.31. The first-order valence-electron chi connectivity index (χ1n) is 10.0. The molecule has 0 atom stereocenters. The van der Waals surface area contributed by atoms with Gasteiger partial charge < -0.3 is 14.8 Å². The minimum Gasteiger partial charge on any atom is -0.345 e. The highest BCUT2D eigenvalue weighted by Crippen LogP contribution is 2.20. The average Bonchev–Trinajstić information content (AvgIpc) is 3.16. The first kappa shape index (κ1) is 22.4. The van der Waals surface area contributed by atoms with Crippen molar-refractivity contribution in [3.05, 3.63) is 93.3 Å². The molecule has 0 bridgehead atoms. The van der Waals surface area contributed by atoms with Crippen LogP contribution in [0.5, 0.6) is 0 Å². The predicted molar refractivity (Wildman–Crippen MR) is 122 cm³/mol. The van der Waals surface area contributed by atoms with E-state index in [1.165, 1.54) is 24.3 Å². The number of nitrogens with one attached hydrogen (secondary N) is 1. The van der Waals surface area contributed by atoms with E-state index in [1.807, 2.05) is 42.6 Å². The SMILES string of the molecule is CC(C)CN(Cc1cccn1Cc1ccccc1Cl)C(=O)Nc1ccc([N+](=O)[O-])cc1. The van der Waals surface area contributed by atoms with Gasteiger partial charge in [0.2, 0.25) is 0 Å². The van der Waals surface area contributed by atoms with Crippen LogP contribution in [0.25, 0.3) is 0 Å². The van der Waals surface area contributed by atoms with Crippen LogP contribution in [-0.4, -0.2) is 27.0 Å². The molecule has 7 nitrogen and oxygen atoms in total. The molecule has 0 spiro atoms. The number of nitro groups is 1. The number of hydrogen-bond donors (Lipinski definition) is 1. The first-order valence-corrected chi connectivity index (χ1v) is 10.4. The van der Waals surface area contributed by atoms with Crippen LogP contribution in [0, 0.1) is 16.0 Å². The normalized spacial score (nSPS) is 10.8. The van der Waals surface area contributed by atoms with E-state index in [0.717, 1.165) is 11.3 Å². The van der Waals surface area contributed by atoms with E-state index in [-0.39, 0.29) is 17.6 Å². The molecule has 0 unspecified atom stereocenters. The number of anilines is 1. The standard InChI is InChI=1S/C23H25ClN4O3/c1-17(2)14-27(23(29)25-19-9-11-20(12-10-19)28(30)31)16-21-7-5-13-26(21)15-18-6-3-4-8-22(18)24/h3-13,17H,14-16H2,1-2H3,(H,25,29). The Hall–Kier alpha value is -3.32. The molecular weight excluding hydrogens is 416 g/mol. The molecule has 3 rings (SSSR count). The summed E-state index contributed by atoms with van der Waals surface area (Å²) < 4.78 is 2.08. The van der Waals surface area contributed by atoms with Gasteiger partial charge in [0.15, 0.2) is 0 Å². The molecule has 0 saturated heterocycles. The maximum absolute atomic E-state index is 13.0. The van der Waals surface area contributed by atoms with Gasteiger partial charge in [-0.2, -0.15) is 0 Å². The van der Waals surface area contributed by atoms with Crippen LogP contribution in [0.1, 0.15) is 25.1 Å². The molecule has 1 heterocycles. The third-order valence-electron chi connectivity index (χ3n) is 4.78. The summed E-state index contributed by atoms with van der Waals surface area (Å²) in [7, 11) is 0.